The van der Waals surface area contributed by atoms with Crippen LogP contribution in [0.4, 0.5) is 0 Å². The maximum atomic E-state index is 9.81. The molecule has 0 N–H and O–H groups in total. The maximum absolute atomic E-state index is 9.81. The van der Waals surface area contributed by atoms with Crippen molar-refractivity contribution < 1.29 is 9.59 Å². The molecular weight excluding hydrogens is 136 g/mol. The molecule has 0 heterocycles. The van der Waals surface area contributed by atoms with Gasteiger partial charge in [-0.05, 0) is 11.6 Å². The molecule has 0 amide bonds. The van der Waals surface area contributed by atoms with Crippen LogP contribution >= 0.6 is 24.2 Å². The highest BCUT2D eigenvalue weighted by atomic mass is 35.5. The highest BCUT2D eigenvalue weighted by molar-refractivity contribution is 7.96. The van der Waals surface area contributed by atoms with E-state index in [9.17, 15) is 9.59 Å². The van der Waals surface area contributed by atoms with Crippen LogP contribution in [0, 0.1) is 0 Å². The predicted octanol–water partition coefficient (Wildman–Crippen LogP) is 0.598. The van der Waals surface area contributed by atoms with Gasteiger partial charge in [-0.15, -0.1) is 12.6 Å². The van der Waals surface area contributed by atoms with E-state index in [1.807, 2.05) is 0 Å². The first-order chi connectivity index (χ1) is 3.13. The molecule has 0 saturated heterocycles. The molecule has 0 saturated carbocycles. The van der Waals surface area contributed by atoms with Crippen LogP contribution in [0.15, 0.2) is 0 Å². The summed E-state index contributed by atoms with van der Waals surface area (Å²) in [5, 5.41) is -1.17. The number of rotatable bonds is 2. The van der Waals surface area contributed by atoms with Gasteiger partial charge >= 0.3 is 0 Å². The Kier molecular flexibility index (Phi) is 3.04. The fourth-order valence-electron chi connectivity index (χ4n) is 0.119. The van der Waals surface area contributed by atoms with E-state index in [2.05, 4.69) is 12.6 Å². The summed E-state index contributed by atoms with van der Waals surface area (Å²) in [6.45, 7) is 0. The van der Waals surface area contributed by atoms with Crippen molar-refractivity contribution in [2.75, 3.05) is 0 Å². The molecule has 7 heavy (non-hydrogen) atoms. The summed E-state index contributed by atoms with van der Waals surface area (Å²) in [6, 6.07) is 0. The van der Waals surface area contributed by atoms with Gasteiger partial charge in [-0.2, -0.15) is 0 Å². The van der Waals surface area contributed by atoms with Crippen LogP contribution in [0.25, 0.3) is 0 Å². The van der Waals surface area contributed by atoms with Gasteiger partial charge < -0.3 is 0 Å². The minimum atomic E-state index is -0.667. The molecule has 40 valence electrons. The molecule has 0 rings (SSSR count). The van der Waals surface area contributed by atoms with Gasteiger partial charge in [0.05, 0.1) is 6.42 Å². The number of thiol groups is 1. The second-order valence-corrected chi connectivity index (χ2v) is 1.85. The standard InChI is InChI=1S/C3H3ClO2S/c4-2(5)1-3(6)7/h1H2,(H,6,7). The Bertz CT molecular complexity index is 89.1. The number of carbonyl (C=O) groups is 2. The van der Waals surface area contributed by atoms with Crippen LogP contribution in [-0.4, -0.2) is 10.4 Å². The monoisotopic (exact) mass is 138 g/mol. The summed E-state index contributed by atoms with van der Waals surface area (Å²) in [6.07, 6.45) is -0.287. The molecule has 0 bridgehead atoms. The van der Waals surface area contributed by atoms with E-state index in [0.717, 1.165) is 0 Å². The summed E-state index contributed by atoms with van der Waals surface area (Å²) < 4.78 is 0. The van der Waals surface area contributed by atoms with Crippen LogP contribution in [0.1, 0.15) is 6.42 Å². The molecule has 0 aliphatic carbocycles. The van der Waals surface area contributed by atoms with E-state index in [-0.39, 0.29) is 6.42 Å². The molecule has 0 aromatic rings. The van der Waals surface area contributed by atoms with Crippen molar-refractivity contribution in [3.63, 3.8) is 0 Å². The van der Waals surface area contributed by atoms with Gasteiger partial charge in [0, 0.05) is 0 Å². The topological polar surface area (TPSA) is 34.1 Å². The van der Waals surface area contributed by atoms with E-state index < -0.39 is 10.4 Å². The molecule has 0 unspecified atom stereocenters. The van der Waals surface area contributed by atoms with E-state index in [0.29, 0.717) is 0 Å². The van der Waals surface area contributed by atoms with Crippen molar-refractivity contribution >= 4 is 34.6 Å². The molecule has 0 spiro atoms. The Balaban J connectivity index is 3.32. The number of carbonyl (C=O) groups excluding carboxylic acids is 2. The number of hydrogen-bond acceptors (Lipinski definition) is 2. The zero-order chi connectivity index (χ0) is 5.86. The van der Waals surface area contributed by atoms with Gasteiger partial charge in [0.15, 0.2) is 5.12 Å². The van der Waals surface area contributed by atoms with E-state index in [4.69, 9.17) is 11.6 Å². The lowest BCUT2D eigenvalue weighted by Crippen LogP contribution is -1.92. The lowest BCUT2D eigenvalue weighted by atomic mass is 10.5. The molecule has 0 radical (unpaired) electrons. The first-order valence-electron chi connectivity index (χ1n) is 1.53. The van der Waals surface area contributed by atoms with Crippen LogP contribution in [-0.2, 0) is 9.59 Å². The molecule has 0 aliphatic heterocycles. The van der Waals surface area contributed by atoms with Gasteiger partial charge in [-0.25, -0.2) is 0 Å². The van der Waals surface area contributed by atoms with Crippen molar-refractivity contribution in [1.29, 1.82) is 0 Å². The molecule has 4 heteroatoms. The van der Waals surface area contributed by atoms with E-state index in [1.165, 1.54) is 0 Å². The Labute approximate surface area is 51.3 Å². The molecule has 2 nitrogen and oxygen atoms in total. The first-order valence-corrected chi connectivity index (χ1v) is 2.35. The van der Waals surface area contributed by atoms with Crippen molar-refractivity contribution in [2.45, 2.75) is 6.42 Å². The van der Waals surface area contributed by atoms with Crippen molar-refractivity contribution in [3.8, 4) is 0 Å². The molecule has 0 aliphatic rings. The third kappa shape index (κ3) is 5.98. The van der Waals surface area contributed by atoms with Crippen LogP contribution in [0.3, 0.4) is 0 Å². The summed E-state index contributed by atoms with van der Waals surface area (Å²) in [4.78, 5) is 19.6. The number of halogens is 1. The van der Waals surface area contributed by atoms with Gasteiger partial charge in [-0.3, -0.25) is 9.59 Å². The molecule has 0 fully saturated rings. The SMILES string of the molecule is O=C(S)CC(=O)Cl. The minimum Gasteiger partial charge on any atom is -0.287 e. The van der Waals surface area contributed by atoms with Crippen molar-refractivity contribution in [3.05, 3.63) is 0 Å². The Morgan fingerprint density at radius 3 is 2.00 bits per heavy atom. The highest BCUT2D eigenvalue weighted by Gasteiger charge is 1.98. The number of hydrogen-bond donors (Lipinski definition) is 1. The van der Waals surface area contributed by atoms with Gasteiger partial charge in [0.25, 0.3) is 0 Å². The highest BCUT2D eigenvalue weighted by Crippen LogP contribution is 1.91. The Hall–Kier alpha value is -0.0200. The first kappa shape index (κ1) is 6.98. The molecule has 0 aromatic carbocycles. The van der Waals surface area contributed by atoms with Gasteiger partial charge in [0.2, 0.25) is 5.24 Å². The van der Waals surface area contributed by atoms with E-state index in [1.54, 1.807) is 0 Å². The molecular formula is C3H3ClO2S. The zero-order valence-corrected chi connectivity index (χ0v) is 5.00. The van der Waals surface area contributed by atoms with Gasteiger partial charge in [0.1, 0.15) is 0 Å². The largest absolute Gasteiger partial charge is 0.287 e. The average molecular weight is 139 g/mol. The normalized spacial score (nSPS) is 8.29. The lowest BCUT2D eigenvalue weighted by Gasteiger charge is -1.78. The second kappa shape index (κ2) is 3.04. The molecule has 0 atom stereocenters. The maximum Gasteiger partial charge on any atom is 0.229 e. The summed E-state index contributed by atoms with van der Waals surface area (Å²) in [5.74, 6) is 0. The van der Waals surface area contributed by atoms with Crippen molar-refractivity contribution in [2.24, 2.45) is 0 Å². The smallest absolute Gasteiger partial charge is 0.229 e. The zero-order valence-electron chi connectivity index (χ0n) is 3.35. The molecule has 0 aromatic heterocycles. The van der Waals surface area contributed by atoms with E-state index >= 15 is 0 Å². The van der Waals surface area contributed by atoms with Crippen LogP contribution in [0.2, 0.25) is 0 Å². The second-order valence-electron chi connectivity index (χ2n) is 0.926. The predicted molar refractivity (Wildman–Crippen MR) is 29.5 cm³/mol. The Morgan fingerprint density at radius 1 is 1.57 bits per heavy atom. The van der Waals surface area contributed by atoms with Crippen molar-refractivity contribution in [1.82, 2.24) is 0 Å². The summed E-state index contributed by atoms with van der Waals surface area (Å²) in [5.41, 5.74) is 0. The quantitative estimate of drug-likeness (QED) is 0.345. The van der Waals surface area contributed by atoms with Gasteiger partial charge in [-0.1, -0.05) is 0 Å². The fourth-order valence-corrected chi connectivity index (χ4v) is 0.477. The van der Waals surface area contributed by atoms with Crippen LogP contribution in [0.5, 0.6) is 0 Å². The lowest BCUT2D eigenvalue weighted by molar-refractivity contribution is -0.118. The minimum absolute atomic E-state index is 0.287. The summed E-state index contributed by atoms with van der Waals surface area (Å²) >= 11 is 8.06. The fraction of sp³-hybridized carbons (Fsp3) is 0.333. The van der Waals surface area contributed by atoms with Crippen LogP contribution < -0.4 is 0 Å². The third-order valence-electron chi connectivity index (χ3n) is 0.290. The Morgan fingerprint density at radius 2 is 2.00 bits per heavy atom. The summed E-state index contributed by atoms with van der Waals surface area (Å²) in [7, 11) is 0. The third-order valence-corrected chi connectivity index (χ3v) is 0.582. The average Bonchev–Trinajstić information content (AvgIpc) is 1.27.